The molecule has 0 unspecified atom stereocenters. The Kier molecular flexibility index (Phi) is 6.35. The van der Waals surface area contributed by atoms with Crippen molar-refractivity contribution in [2.75, 3.05) is 0 Å². The molecule has 0 aliphatic rings. The van der Waals surface area contributed by atoms with Crippen molar-refractivity contribution in [2.24, 2.45) is 0 Å². The third-order valence-corrected chi connectivity index (χ3v) is 8.25. The standard InChI is InChI=1S/C39H36N4O/c1-5-6-11-29-20-21-40-38(23-29)42-36-19-16-26(2)22-35(36)34-18-17-33(25-37(34)42)44-32-15-10-14-31(24-32)43-28(4)39(27(3)41-43)30-12-8-7-9-13-30/h7-10,12-25H,5-6,11H2,1-4H3/i2D3. The third-order valence-electron chi connectivity index (χ3n) is 8.25. The average Bonchev–Trinajstić information content (AvgIpc) is 3.56. The van der Waals surface area contributed by atoms with Crippen LogP contribution in [0.5, 0.6) is 11.5 Å². The quantitative estimate of drug-likeness (QED) is 0.180. The number of rotatable bonds is 8. The van der Waals surface area contributed by atoms with Gasteiger partial charge in [-0.25, -0.2) is 9.67 Å². The van der Waals surface area contributed by atoms with Crippen LogP contribution in [0.1, 0.15) is 46.4 Å². The molecule has 7 aromatic rings. The van der Waals surface area contributed by atoms with E-state index in [1.54, 1.807) is 12.1 Å². The van der Waals surface area contributed by atoms with E-state index < -0.39 is 6.85 Å². The lowest BCUT2D eigenvalue weighted by Crippen LogP contribution is -2.00. The van der Waals surface area contributed by atoms with Gasteiger partial charge >= 0.3 is 0 Å². The molecule has 44 heavy (non-hydrogen) atoms. The van der Waals surface area contributed by atoms with E-state index in [1.165, 1.54) is 5.56 Å². The highest BCUT2D eigenvalue weighted by atomic mass is 16.5. The fourth-order valence-electron chi connectivity index (χ4n) is 6.16. The molecular weight excluding hydrogens is 540 g/mol. The van der Waals surface area contributed by atoms with Crippen LogP contribution in [0.2, 0.25) is 0 Å². The number of ether oxygens (including phenoxy) is 1. The van der Waals surface area contributed by atoms with Crippen molar-refractivity contribution in [3.05, 3.63) is 132 Å². The van der Waals surface area contributed by atoms with Gasteiger partial charge in [-0.3, -0.25) is 4.57 Å². The van der Waals surface area contributed by atoms with E-state index in [4.69, 9.17) is 18.9 Å². The van der Waals surface area contributed by atoms with Crippen LogP contribution in [-0.2, 0) is 6.42 Å². The third kappa shape index (κ3) is 5.05. The summed E-state index contributed by atoms with van der Waals surface area (Å²) in [5.74, 6) is 2.14. The molecule has 0 saturated carbocycles. The molecule has 5 heteroatoms. The highest BCUT2D eigenvalue weighted by Crippen LogP contribution is 2.36. The van der Waals surface area contributed by atoms with Gasteiger partial charge in [0, 0.05) is 44.5 Å². The lowest BCUT2D eigenvalue weighted by atomic mass is 10.0. The van der Waals surface area contributed by atoms with Gasteiger partial charge in [0.15, 0.2) is 0 Å². The largest absolute Gasteiger partial charge is 0.457 e. The highest BCUT2D eigenvalue weighted by molar-refractivity contribution is 6.09. The molecule has 4 aromatic carbocycles. The molecule has 0 fully saturated rings. The molecule has 0 amide bonds. The van der Waals surface area contributed by atoms with E-state index in [2.05, 4.69) is 42.7 Å². The normalized spacial score (nSPS) is 12.8. The Hall–Kier alpha value is -5.16. The van der Waals surface area contributed by atoms with E-state index >= 15 is 0 Å². The molecule has 0 N–H and O–H groups in total. The summed E-state index contributed by atoms with van der Waals surface area (Å²) in [6.45, 7) is 4.11. The minimum Gasteiger partial charge on any atom is -0.457 e. The minimum atomic E-state index is -2.21. The zero-order chi connectivity index (χ0) is 32.7. The lowest BCUT2D eigenvalue weighted by Gasteiger charge is -2.11. The summed E-state index contributed by atoms with van der Waals surface area (Å²) < 4.78 is 34.6. The predicted octanol–water partition coefficient (Wildman–Crippen LogP) is 10.1. The first-order valence-electron chi connectivity index (χ1n) is 16.6. The summed E-state index contributed by atoms with van der Waals surface area (Å²) in [6.07, 6.45) is 5.03. The Balaban J connectivity index is 1.30. The molecule has 0 aliphatic heterocycles. The van der Waals surface area contributed by atoms with Crippen LogP contribution in [0.4, 0.5) is 0 Å². The number of hydrogen-bond donors (Lipinski definition) is 0. The summed E-state index contributed by atoms with van der Waals surface area (Å²) in [5, 5.41) is 6.67. The number of pyridine rings is 1. The van der Waals surface area contributed by atoms with Crippen molar-refractivity contribution in [1.29, 1.82) is 0 Å². The summed E-state index contributed by atoms with van der Waals surface area (Å²) in [6, 6.07) is 33.8. The molecule has 0 saturated heterocycles. The molecule has 218 valence electrons. The Bertz CT molecular complexity index is 2230. The summed E-state index contributed by atoms with van der Waals surface area (Å²) in [4.78, 5) is 4.76. The SMILES string of the molecule is [2H]C([2H])([2H])c1ccc2c(c1)c1ccc(Oc3cccc(-n4nc(C)c(-c5ccccc5)c4C)c3)cc1n2-c1cc(CCCC)ccn1. The van der Waals surface area contributed by atoms with Gasteiger partial charge < -0.3 is 4.74 Å². The number of aromatic nitrogens is 4. The molecular formula is C39H36N4O. The minimum absolute atomic E-state index is 0.311. The predicted molar refractivity (Wildman–Crippen MR) is 180 cm³/mol. The van der Waals surface area contributed by atoms with Crippen molar-refractivity contribution >= 4 is 21.8 Å². The zero-order valence-corrected chi connectivity index (χ0v) is 25.2. The highest BCUT2D eigenvalue weighted by Gasteiger charge is 2.17. The van der Waals surface area contributed by atoms with Crippen LogP contribution in [0.25, 0.3) is 44.4 Å². The van der Waals surface area contributed by atoms with Crippen LogP contribution in [-0.4, -0.2) is 19.3 Å². The first-order valence-corrected chi connectivity index (χ1v) is 15.1. The van der Waals surface area contributed by atoms with Crippen LogP contribution in [0.15, 0.2) is 109 Å². The maximum Gasteiger partial charge on any atom is 0.137 e. The first kappa shape index (κ1) is 24.3. The maximum atomic E-state index is 8.02. The Morgan fingerprint density at radius 1 is 0.795 bits per heavy atom. The molecule has 5 nitrogen and oxygen atoms in total. The van der Waals surface area contributed by atoms with Crippen molar-refractivity contribution in [1.82, 2.24) is 19.3 Å². The molecule has 0 spiro atoms. The molecule has 0 bridgehead atoms. The number of unbranched alkanes of at least 4 members (excludes halogenated alkanes) is 1. The van der Waals surface area contributed by atoms with Gasteiger partial charge in [0.25, 0.3) is 0 Å². The van der Waals surface area contributed by atoms with Crippen molar-refractivity contribution in [3.63, 3.8) is 0 Å². The monoisotopic (exact) mass is 579 g/mol. The van der Waals surface area contributed by atoms with Crippen LogP contribution in [0, 0.1) is 20.7 Å². The average molecular weight is 580 g/mol. The van der Waals surface area contributed by atoms with E-state index in [9.17, 15) is 0 Å². The molecule has 7 rings (SSSR count). The van der Waals surface area contributed by atoms with Crippen molar-refractivity contribution < 1.29 is 8.85 Å². The first-order chi connectivity index (χ1) is 22.7. The summed E-state index contributed by atoms with van der Waals surface area (Å²) in [7, 11) is 0. The number of aryl methyl sites for hydroxylation is 3. The molecule has 0 aliphatic carbocycles. The molecule has 0 atom stereocenters. The summed E-state index contributed by atoms with van der Waals surface area (Å²) in [5.41, 5.74) is 8.51. The van der Waals surface area contributed by atoms with Gasteiger partial charge in [-0.2, -0.15) is 5.10 Å². The number of hydrogen-bond acceptors (Lipinski definition) is 3. The van der Waals surface area contributed by atoms with Crippen molar-refractivity contribution in [2.45, 2.75) is 46.9 Å². The number of fused-ring (bicyclic) bond motifs is 3. The molecule has 0 radical (unpaired) electrons. The number of nitrogens with zero attached hydrogens (tertiary/aromatic N) is 4. The number of benzene rings is 4. The zero-order valence-electron chi connectivity index (χ0n) is 28.2. The van der Waals surface area contributed by atoms with E-state index in [0.29, 0.717) is 17.1 Å². The summed E-state index contributed by atoms with van der Waals surface area (Å²) >= 11 is 0. The topological polar surface area (TPSA) is 44.9 Å². The van der Waals surface area contributed by atoms with Gasteiger partial charge in [0.1, 0.15) is 17.3 Å². The van der Waals surface area contributed by atoms with Crippen LogP contribution < -0.4 is 4.74 Å². The Morgan fingerprint density at radius 2 is 1.66 bits per heavy atom. The maximum absolute atomic E-state index is 8.02. The second-order valence-electron chi connectivity index (χ2n) is 11.3. The molecule has 3 heterocycles. The van der Waals surface area contributed by atoms with Gasteiger partial charge in [-0.1, -0.05) is 61.4 Å². The fraction of sp³-hybridized carbons (Fsp3) is 0.179. The van der Waals surface area contributed by atoms with Crippen LogP contribution >= 0.6 is 0 Å². The van der Waals surface area contributed by atoms with Gasteiger partial charge in [-0.15, -0.1) is 0 Å². The smallest absolute Gasteiger partial charge is 0.137 e. The van der Waals surface area contributed by atoms with E-state index in [1.807, 2.05) is 84.5 Å². The van der Waals surface area contributed by atoms with Gasteiger partial charge in [-0.05, 0) is 93.2 Å². The lowest BCUT2D eigenvalue weighted by molar-refractivity contribution is 0.483. The second kappa shape index (κ2) is 11.5. The van der Waals surface area contributed by atoms with Crippen LogP contribution in [0.3, 0.4) is 0 Å². The Morgan fingerprint density at radius 3 is 2.50 bits per heavy atom. The van der Waals surface area contributed by atoms with E-state index in [0.717, 1.165) is 75.1 Å². The Labute approximate surface area is 262 Å². The second-order valence-corrected chi connectivity index (χ2v) is 11.3. The van der Waals surface area contributed by atoms with Gasteiger partial charge in [0.2, 0.25) is 0 Å². The van der Waals surface area contributed by atoms with Crippen molar-refractivity contribution in [3.8, 4) is 34.1 Å². The van der Waals surface area contributed by atoms with Gasteiger partial charge in [0.05, 0.1) is 22.4 Å². The molecule has 3 aromatic heterocycles. The van der Waals surface area contributed by atoms with E-state index in [-0.39, 0.29) is 0 Å². The fourth-order valence-corrected chi connectivity index (χ4v) is 6.16.